The summed E-state index contributed by atoms with van der Waals surface area (Å²) in [5.41, 5.74) is 6.62. The van der Waals surface area contributed by atoms with Crippen LogP contribution >= 0.6 is 0 Å². The van der Waals surface area contributed by atoms with Crippen LogP contribution in [0.3, 0.4) is 0 Å². The number of hydrogen-bond acceptors (Lipinski definition) is 2. The predicted octanol–water partition coefficient (Wildman–Crippen LogP) is 2.76. The number of aryl methyl sites for hydroxylation is 1. The van der Waals surface area contributed by atoms with Crippen molar-refractivity contribution in [1.82, 2.24) is 4.90 Å². The highest BCUT2D eigenvalue weighted by Gasteiger charge is 2.66. The van der Waals surface area contributed by atoms with E-state index in [1.165, 1.54) is 5.56 Å². The Morgan fingerprint density at radius 2 is 1.92 bits per heavy atom. The van der Waals surface area contributed by atoms with Gasteiger partial charge in [-0.15, -0.1) is 0 Å². The van der Waals surface area contributed by atoms with Crippen LogP contribution in [0.1, 0.15) is 45.1 Å². The fraction of sp³-hybridized carbons (Fsp3) is 0.600. The Morgan fingerprint density at radius 1 is 1.21 bits per heavy atom. The number of amides is 2. The van der Waals surface area contributed by atoms with E-state index in [0.29, 0.717) is 19.5 Å². The normalized spacial score (nSPS) is 27.4. The molecule has 130 valence electrons. The van der Waals surface area contributed by atoms with Gasteiger partial charge in [-0.1, -0.05) is 44.2 Å². The molecule has 3 rings (SSSR count). The molecule has 1 aromatic rings. The van der Waals surface area contributed by atoms with Crippen LogP contribution in [0.2, 0.25) is 0 Å². The van der Waals surface area contributed by atoms with Crippen LogP contribution in [0.15, 0.2) is 30.3 Å². The second-order valence-corrected chi connectivity index (χ2v) is 8.21. The Morgan fingerprint density at radius 3 is 2.50 bits per heavy atom. The second kappa shape index (κ2) is 6.23. The topological polar surface area (TPSA) is 63.4 Å². The molecule has 0 aromatic heterocycles. The smallest absolute Gasteiger partial charge is 0.225 e. The molecule has 1 aliphatic carbocycles. The largest absolute Gasteiger partial charge is 0.369 e. The lowest BCUT2D eigenvalue weighted by Gasteiger charge is -2.54. The number of benzene rings is 1. The summed E-state index contributed by atoms with van der Waals surface area (Å²) in [5.74, 6) is 0.163. The van der Waals surface area contributed by atoms with Crippen molar-refractivity contribution in [2.75, 3.05) is 13.1 Å². The molecule has 1 heterocycles. The summed E-state index contributed by atoms with van der Waals surface area (Å²) >= 11 is 0. The van der Waals surface area contributed by atoms with Gasteiger partial charge in [0.2, 0.25) is 11.8 Å². The number of carbonyl (C=O) groups excluding carboxylic acids is 2. The van der Waals surface area contributed by atoms with E-state index < -0.39 is 5.41 Å². The van der Waals surface area contributed by atoms with Crippen LogP contribution < -0.4 is 5.73 Å². The molecule has 2 aliphatic rings. The number of hydrogen-bond donors (Lipinski definition) is 1. The van der Waals surface area contributed by atoms with Crippen molar-refractivity contribution in [3.05, 3.63) is 35.9 Å². The highest BCUT2D eigenvalue weighted by molar-refractivity contribution is 5.86. The third-order valence-electron chi connectivity index (χ3n) is 6.05. The van der Waals surface area contributed by atoms with Gasteiger partial charge < -0.3 is 10.6 Å². The van der Waals surface area contributed by atoms with E-state index in [1.54, 1.807) is 0 Å². The van der Waals surface area contributed by atoms with E-state index in [1.807, 2.05) is 23.1 Å². The first kappa shape index (κ1) is 17.0. The number of primary amides is 1. The van der Waals surface area contributed by atoms with Crippen molar-refractivity contribution in [2.24, 2.45) is 22.5 Å². The second-order valence-electron chi connectivity index (χ2n) is 8.21. The Balaban J connectivity index is 1.49. The number of fused-ring (bicyclic) bond motifs is 1. The minimum Gasteiger partial charge on any atom is -0.369 e. The molecule has 2 N–H and O–H groups in total. The molecule has 2 fully saturated rings. The van der Waals surface area contributed by atoms with E-state index in [4.69, 9.17) is 5.73 Å². The molecule has 2 atom stereocenters. The third kappa shape index (κ3) is 2.94. The fourth-order valence-corrected chi connectivity index (χ4v) is 4.82. The van der Waals surface area contributed by atoms with Crippen molar-refractivity contribution in [2.45, 2.75) is 46.0 Å². The lowest BCUT2D eigenvalue weighted by atomic mass is 9.48. The summed E-state index contributed by atoms with van der Waals surface area (Å²) < 4.78 is 0. The summed E-state index contributed by atoms with van der Waals surface area (Å²) in [6.07, 6.45) is 4.28. The molecule has 24 heavy (non-hydrogen) atoms. The van der Waals surface area contributed by atoms with Gasteiger partial charge in [0.1, 0.15) is 0 Å². The maximum Gasteiger partial charge on any atom is 0.225 e. The fourth-order valence-electron chi connectivity index (χ4n) is 4.82. The van der Waals surface area contributed by atoms with Gasteiger partial charge in [0.25, 0.3) is 0 Å². The molecule has 1 saturated heterocycles. The van der Waals surface area contributed by atoms with Gasteiger partial charge in [-0.25, -0.2) is 0 Å². The zero-order valence-corrected chi connectivity index (χ0v) is 14.8. The molecule has 0 radical (unpaired) electrons. The zero-order chi connectivity index (χ0) is 17.4. The first-order valence-electron chi connectivity index (χ1n) is 8.97. The number of carbonyl (C=O) groups is 2. The van der Waals surface area contributed by atoms with Gasteiger partial charge >= 0.3 is 0 Å². The molecular formula is C20H28N2O2. The first-order chi connectivity index (χ1) is 11.3. The monoisotopic (exact) mass is 328 g/mol. The van der Waals surface area contributed by atoms with Crippen LogP contribution in [0, 0.1) is 16.7 Å². The maximum absolute atomic E-state index is 12.5. The average molecular weight is 328 g/mol. The quantitative estimate of drug-likeness (QED) is 0.816. The number of rotatable bonds is 6. The lowest BCUT2D eigenvalue weighted by Crippen LogP contribution is -2.59. The molecule has 1 aliphatic heterocycles. The minimum absolute atomic E-state index is 0.109. The summed E-state index contributed by atoms with van der Waals surface area (Å²) in [4.78, 5) is 26.3. The van der Waals surface area contributed by atoms with Crippen molar-refractivity contribution >= 4 is 11.8 Å². The third-order valence-corrected chi connectivity index (χ3v) is 6.05. The van der Waals surface area contributed by atoms with E-state index in [2.05, 4.69) is 26.0 Å². The van der Waals surface area contributed by atoms with Gasteiger partial charge in [0.05, 0.1) is 5.41 Å². The molecule has 1 saturated carbocycles. The Hall–Kier alpha value is -1.84. The first-order valence-corrected chi connectivity index (χ1v) is 8.97. The van der Waals surface area contributed by atoms with Gasteiger partial charge in [0, 0.05) is 19.5 Å². The van der Waals surface area contributed by atoms with E-state index in [-0.39, 0.29) is 23.1 Å². The van der Waals surface area contributed by atoms with Gasteiger partial charge in [-0.3, -0.25) is 9.59 Å². The summed E-state index contributed by atoms with van der Waals surface area (Å²) in [7, 11) is 0. The Kier molecular flexibility index (Phi) is 4.41. The van der Waals surface area contributed by atoms with Crippen LogP contribution in [0.25, 0.3) is 0 Å². The van der Waals surface area contributed by atoms with Crippen molar-refractivity contribution in [3.63, 3.8) is 0 Å². The number of nitrogens with zero attached hydrogens (tertiary/aromatic N) is 1. The Labute approximate surface area is 144 Å². The molecular weight excluding hydrogens is 300 g/mol. The predicted molar refractivity (Wildman–Crippen MR) is 94.1 cm³/mol. The van der Waals surface area contributed by atoms with E-state index in [9.17, 15) is 9.59 Å². The molecule has 4 heteroatoms. The van der Waals surface area contributed by atoms with Crippen molar-refractivity contribution < 1.29 is 9.59 Å². The number of unbranched alkanes of at least 4 members (excludes halogenated alkanes) is 1. The average Bonchev–Trinajstić information content (AvgIpc) is 2.89. The van der Waals surface area contributed by atoms with Gasteiger partial charge in [-0.2, -0.15) is 0 Å². The number of nitrogens with two attached hydrogens (primary N) is 1. The number of likely N-dealkylation sites (tertiary alicyclic amines) is 1. The molecule has 1 aromatic carbocycles. The van der Waals surface area contributed by atoms with Crippen LogP contribution in [0.4, 0.5) is 0 Å². The van der Waals surface area contributed by atoms with Crippen LogP contribution in [-0.2, 0) is 16.0 Å². The minimum atomic E-state index is -0.469. The van der Waals surface area contributed by atoms with E-state index in [0.717, 1.165) is 25.7 Å². The SMILES string of the molecule is CC1(C)C[C@]2(C(N)=O)CN(C(=O)CCCCc3ccccc3)C[C@H]12. The highest BCUT2D eigenvalue weighted by Crippen LogP contribution is 2.62. The Bertz CT molecular complexity index is 626. The van der Waals surface area contributed by atoms with Crippen molar-refractivity contribution in [1.29, 1.82) is 0 Å². The van der Waals surface area contributed by atoms with Gasteiger partial charge in [0.15, 0.2) is 0 Å². The zero-order valence-electron chi connectivity index (χ0n) is 14.8. The summed E-state index contributed by atoms with van der Waals surface area (Å²) in [5, 5.41) is 0. The van der Waals surface area contributed by atoms with Gasteiger partial charge in [-0.05, 0) is 42.6 Å². The van der Waals surface area contributed by atoms with Crippen LogP contribution in [0.5, 0.6) is 0 Å². The highest BCUT2D eigenvalue weighted by atomic mass is 16.2. The lowest BCUT2D eigenvalue weighted by molar-refractivity contribution is -0.148. The molecule has 0 bridgehead atoms. The molecule has 0 unspecified atom stereocenters. The maximum atomic E-state index is 12.5. The standard InChI is InChI=1S/C20H28N2O2/c1-19(2)13-20(18(21)24)14-22(12-16(19)20)17(23)11-7-6-10-15-8-4-3-5-9-15/h3-5,8-9,16H,6-7,10-14H2,1-2H3,(H2,21,24)/t16-,20+/m1/s1. The van der Waals surface area contributed by atoms with Crippen molar-refractivity contribution in [3.8, 4) is 0 Å². The summed E-state index contributed by atoms with van der Waals surface area (Å²) in [6.45, 7) is 5.56. The molecule has 0 spiro atoms. The summed E-state index contributed by atoms with van der Waals surface area (Å²) in [6, 6.07) is 10.4. The molecule has 2 amide bonds. The van der Waals surface area contributed by atoms with Crippen LogP contribution in [-0.4, -0.2) is 29.8 Å². The van der Waals surface area contributed by atoms with E-state index >= 15 is 0 Å². The molecule has 4 nitrogen and oxygen atoms in total.